The van der Waals surface area contributed by atoms with Crippen molar-refractivity contribution < 1.29 is 38.6 Å². The molecule has 0 fully saturated rings. The van der Waals surface area contributed by atoms with E-state index in [2.05, 4.69) is 5.32 Å². The lowest BCUT2D eigenvalue weighted by Gasteiger charge is -2.26. The largest absolute Gasteiger partial charge is 0.489 e. The maximum Gasteiger partial charge on any atom is 0.323 e. The molecule has 0 saturated heterocycles. The van der Waals surface area contributed by atoms with E-state index in [1.807, 2.05) is 0 Å². The van der Waals surface area contributed by atoms with Crippen LogP contribution >= 0.6 is 0 Å². The fourth-order valence-corrected chi connectivity index (χ4v) is 4.59. The predicted octanol–water partition coefficient (Wildman–Crippen LogP) is 1.85. The van der Waals surface area contributed by atoms with Crippen molar-refractivity contribution >= 4 is 35.3 Å². The number of aliphatic carboxylic acids is 1. The van der Waals surface area contributed by atoms with Crippen molar-refractivity contribution in [1.29, 1.82) is 0 Å². The molecule has 0 spiro atoms. The highest BCUT2D eigenvalue weighted by Crippen LogP contribution is 2.31. The van der Waals surface area contributed by atoms with Crippen molar-refractivity contribution in [2.75, 3.05) is 31.2 Å². The molecule has 0 bridgehead atoms. The molecule has 2 atom stereocenters. The summed E-state index contributed by atoms with van der Waals surface area (Å²) >= 11 is 0. The number of carbonyl (C=O) groups excluding carboxylic acids is 4. The van der Waals surface area contributed by atoms with Gasteiger partial charge in [-0.3, -0.25) is 39.1 Å². The van der Waals surface area contributed by atoms with Crippen LogP contribution in [0.2, 0.25) is 0 Å². The number of carboxylic acid groups (broad SMARTS) is 1. The molecule has 2 aliphatic heterocycles. The Hall–Kier alpha value is -4.25. The number of carboxylic acids is 1. The quantitative estimate of drug-likeness (QED) is 0.256. The Kier molecular flexibility index (Phi) is 8.37. The number of benzene rings is 2. The van der Waals surface area contributed by atoms with Gasteiger partial charge in [0, 0.05) is 6.54 Å². The van der Waals surface area contributed by atoms with Gasteiger partial charge in [0.05, 0.1) is 23.4 Å². The Morgan fingerprint density at radius 2 is 1.68 bits per heavy atom. The summed E-state index contributed by atoms with van der Waals surface area (Å²) in [5.74, 6) is -2.62. The van der Waals surface area contributed by atoms with Gasteiger partial charge in [-0.1, -0.05) is 24.3 Å². The topological polar surface area (TPSA) is 143 Å². The highest BCUT2D eigenvalue weighted by Gasteiger charge is 2.36. The van der Waals surface area contributed by atoms with Gasteiger partial charge in [-0.15, -0.1) is 0 Å². The molecule has 38 heavy (non-hydrogen) atoms. The minimum absolute atomic E-state index is 0.114. The molecule has 0 radical (unpaired) electrons. The molecule has 2 heterocycles. The Labute approximate surface area is 219 Å². The van der Waals surface area contributed by atoms with Crippen LogP contribution in [0.25, 0.3) is 0 Å². The number of ether oxygens (including phenoxy) is 2. The smallest absolute Gasteiger partial charge is 0.323 e. The Bertz CT molecular complexity index is 1210. The van der Waals surface area contributed by atoms with Gasteiger partial charge in [-0.25, -0.2) is 0 Å². The van der Waals surface area contributed by atoms with E-state index < -0.39 is 36.5 Å². The molecular formula is C27H29N3O8. The third-order valence-electron chi connectivity index (χ3n) is 6.40. The van der Waals surface area contributed by atoms with Gasteiger partial charge in [0.15, 0.2) is 0 Å². The summed E-state index contributed by atoms with van der Waals surface area (Å²) in [5, 5.41) is 12.4. The second kappa shape index (κ2) is 11.9. The number of fused-ring (bicyclic) bond motifs is 2. The van der Waals surface area contributed by atoms with E-state index in [0.717, 1.165) is 4.90 Å². The molecule has 3 amide bonds. The summed E-state index contributed by atoms with van der Waals surface area (Å²) in [6, 6.07) is 11.4. The molecule has 0 aliphatic carbocycles. The number of amides is 3. The fourth-order valence-electron chi connectivity index (χ4n) is 4.59. The third-order valence-corrected chi connectivity index (χ3v) is 6.40. The fraction of sp³-hybridized carbons (Fsp3) is 0.370. The molecule has 2 aliphatic rings. The van der Waals surface area contributed by atoms with Crippen LogP contribution in [0.3, 0.4) is 0 Å². The number of rotatable bonds is 11. The van der Waals surface area contributed by atoms with Crippen molar-refractivity contribution in [3.63, 3.8) is 0 Å². The molecule has 11 nitrogen and oxygen atoms in total. The van der Waals surface area contributed by atoms with Crippen molar-refractivity contribution in [3.05, 3.63) is 59.7 Å². The predicted molar refractivity (Wildman–Crippen MR) is 135 cm³/mol. The minimum Gasteiger partial charge on any atom is -0.489 e. The van der Waals surface area contributed by atoms with E-state index in [9.17, 15) is 29.1 Å². The zero-order valence-electron chi connectivity index (χ0n) is 20.9. The van der Waals surface area contributed by atoms with Crippen LogP contribution in [0.15, 0.2) is 48.5 Å². The first-order chi connectivity index (χ1) is 18.3. The van der Waals surface area contributed by atoms with Crippen LogP contribution in [0.1, 0.15) is 46.9 Å². The maximum atomic E-state index is 13.3. The van der Waals surface area contributed by atoms with Crippen LogP contribution in [-0.2, 0) is 19.1 Å². The van der Waals surface area contributed by atoms with Gasteiger partial charge >= 0.3 is 11.9 Å². The first-order valence-corrected chi connectivity index (χ1v) is 12.4. The standard InChI is InChI=1S/C27H29N3O8/c1-2-37-27(36)19(11-7-8-14-29-24(33)17-9-3-4-10-18(17)25(29)34)28-20-16-38-22-13-6-5-12-21(22)30(26(20)35)15-23(31)32/h3-6,9-10,12-13,19-20,28H,2,7-8,11,14-16H2,1H3,(H,31,32)/t19?,20-/m0/s1. The lowest BCUT2D eigenvalue weighted by atomic mass is 10.1. The number of hydrogen-bond donors (Lipinski definition) is 2. The van der Waals surface area contributed by atoms with E-state index in [4.69, 9.17) is 9.47 Å². The summed E-state index contributed by atoms with van der Waals surface area (Å²) in [5.41, 5.74) is 1.09. The van der Waals surface area contributed by atoms with Crippen LogP contribution in [0, 0.1) is 0 Å². The molecule has 1 unspecified atom stereocenters. The number of para-hydroxylation sites is 2. The lowest BCUT2D eigenvalue weighted by molar-refractivity contribution is -0.146. The SMILES string of the molecule is CCOC(=O)C(CCCCN1C(=O)c2ccccc2C1=O)N[C@H]1COc2ccccc2N(CC(=O)O)C1=O. The van der Waals surface area contributed by atoms with Crippen molar-refractivity contribution in [1.82, 2.24) is 10.2 Å². The maximum absolute atomic E-state index is 13.3. The number of esters is 1. The summed E-state index contributed by atoms with van der Waals surface area (Å²) in [4.78, 5) is 65.0. The average molecular weight is 524 g/mol. The molecule has 2 aromatic carbocycles. The number of unbranched alkanes of at least 4 members (excludes halogenated alkanes) is 1. The van der Waals surface area contributed by atoms with Gasteiger partial charge in [-0.2, -0.15) is 0 Å². The van der Waals surface area contributed by atoms with Crippen LogP contribution < -0.4 is 15.0 Å². The highest BCUT2D eigenvalue weighted by atomic mass is 16.5. The number of nitrogens with one attached hydrogen (secondary N) is 1. The molecule has 2 aromatic rings. The zero-order valence-corrected chi connectivity index (χ0v) is 20.9. The summed E-state index contributed by atoms with van der Waals surface area (Å²) in [6.45, 7) is 1.31. The van der Waals surface area contributed by atoms with Gasteiger partial charge < -0.3 is 14.6 Å². The van der Waals surface area contributed by atoms with Crippen LogP contribution in [-0.4, -0.2) is 78.1 Å². The highest BCUT2D eigenvalue weighted by molar-refractivity contribution is 6.21. The van der Waals surface area contributed by atoms with Gasteiger partial charge in [0.2, 0.25) is 5.91 Å². The molecule has 0 aromatic heterocycles. The molecule has 200 valence electrons. The number of imide groups is 1. The monoisotopic (exact) mass is 523 g/mol. The molecule has 4 rings (SSSR count). The van der Waals surface area contributed by atoms with Crippen molar-refractivity contribution in [2.45, 2.75) is 38.3 Å². The number of carbonyl (C=O) groups is 5. The van der Waals surface area contributed by atoms with E-state index in [-0.39, 0.29) is 38.0 Å². The number of anilines is 1. The van der Waals surface area contributed by atoms with E-state index in [1.165, 1.54) is 4.90 Å². The summed E-state index contributed by atoms with van der Waals surface area (Å²) in [7, 11) is 0. The van der Waals surface area contributed by atoms with Gasteiger partial charge in [0.1, 0.15) is 31.0 Å². The second-order valence-electron chi connectivity index (χ2n) is 8.92. The normalized spacial score (nSPS) is 17.4. The van der Waals surface area contributed by atoms with Gasteiger partial charge in [0.25, 0.3) is 11.8 Å². The third kappa shape index (κ3) is 5.67. The summed E-state index contributed by atoms with van der Waals surface area (Å²) < 4.78 is 11.0. The van der Waals surface area contributed by atoms with Gasteiger partial charge in [-0.05, 0) is 50.5 Å². The Morgan fingerprint density at radius 3 is 2.34 bits per heavy atom. The van der Waals surface area contributed by atoms with Crippen molar-refractivity contribution in [3.8, 4) is 5.75 Å². The van der Waals surface area contributed by atoms with E-state index in [0.29, 0.717) is 35.4 Å². The lowest BCUT2D eigenvalue weighted by Crippen LogP contribution is -2.54. The summed E-state index contributed by atoms with van der Waals surface area (Å²) in [6.07, 6.45) is 1.15. The molecule has 0 saturated carbocycles. The minimum atomic E-state index is -1.19. The second-order valence-corrected chi connectivity index (χ2v) is 8.92. The first kappa shape index (κ1) is 26.8. The van der Waals surface area contributed by atoms with Crippen LogP contribution in [0.5, 0.6) is 5.75 Å². The zero-order chi connectivity index (χ0) is 27.2. The molecule has 11 heteroatoms. The number of nitrogens with zero attached hydrogens (tertiary/aromatic N) is 2. The molecular weight excluding hydrogens is 494 g/mol. The first-order valence-electron chi connectivity index (χ1n) is 12.4. The van der Waals surface area contributed by atoms with E-state index >= 15 is 0 Å². The average Bonchev–Trinajstić information content (AvgIpc) is 3.07. The Morgan fingerprint density at radius 1 is 1.03 bits per heavy atom. The Balaban J connectivity index is 1.41. The van der Waals surface area contributed by atoms with Crippen LogP contribution in [0.4, 0.5) is 5.69 Å². The van der Waals surface area contributed by atoms with E-state index in [1.54, 1.807) is 55.5 Å². The molecule has 2 N–H and O–H groups in total. The van der Waals surface area contributed by atoms with Crippen molar-refractivity contribution in [2.24, 2.45) is 0 Å². The number of hydrogen-bond acceptors (Lipinski definition) is 8.